The highest BCUT2D eigenvalue weighted by atomic mass is 16.6. The number of allylic oxidation sites excluding steroid dienone is 2. The normalized spacial score (nSPS) is 20.5. The molecule has 0 aliphatic carbocycles. The van der Waals surface area contributed by atoms with Gasteiger partial charge in [-0.25, -0.2) is 0 Å². The van der Waals surface area contributed by atoms with Gasteiger partial charge in [-0.1, -0.05) is 50.1 Å². The summed E-state index contributed by atoms with van der Waals surface area (Å²) in [6.07, 6.45) is 13.2. The molecule has 22 heavy (non-hydrogen) atoms. The number of para-hydroxylation sites is 1. The van der Waals surface area contributed by atoms with Gasteiger partial charge >= 0.3 is 0 Å². The Morgan fingerprint density at radius 3 is 2.68 bits per heavy atom. The van der Waals surface area contributed by atoms with Crippen LogP contribution in [0.15, 0.2) is 36.4 Å². The average Bonchev–Trinajstić information content (AvgIpc) is 3.27. The minimum absolute atomic E-state index is 0.0425. The summed E-state index contributed by atoms with van der Waals surface area (Å²) in [5.41, 5.74) is 1.29. The van der Waals surface area contributed by atoms with Gasteiger partial charge in [0.05, 0.1) is 6.61 Å². The number of hydrogen-bond acceptors (Lipinski definition) is 2. The molecule has 1 saturated heterocycles. The minimum atomic E-state index is -0.0425. The summed E-state index contributed by atoms with van der Waals surface area (Å²) < 4.78 is 11.3. The molecule has 0 N–H and O–H groups in total. The molecular formula is C20H30O2. The van der Waals surface area contributed by atoms with Gasteiger partial charge in [0.2, 0.25) is 0 Å². The second kappa shape index (κ2) is 8.99. The van der Waals surface area contributed by atoms with Gasteiger partial charge in [-0.15, -0.1) is 0 Å². The van der Waals surface area contributed by atoms with Crippen LogP contribution >= 0.6 is 0 Å². The molecular weight excluding hydrogens is 272 g/mol. The van der Waals surface area contributed by atoms with E-state index >= 15 is 0 Å². The molecule has 0 spiro atoms. The topological polar surface area (TPSA) is 21.8 Å². The Kier molecular flexibility index (Phi) is 6.98. The third kappa shape index (κ3) is 6.23. The van der Waals surface area contributed by atoms with E-state index in [0.717, 1.165) is 25.2 Å². The lowest BCUT2D eigenvalue weighted by molar-refractivity contribution is 0.201. The molecule has 0 aromatic heterocycles. The Hall–Kier alpha value is -1.28. The lowest BCUT2D eigenvalue weighted by Gasteiger charge is -2.13. The monoisotopic (exact) mass is 302 g/mol. The third-order valence-corrected chi connectivity index (χ3v) is 4.11. The van der Waals surface area contributed by atoms with Crippen LogP contribution in [0.3, 0.4) is 0 Å². The van der Waals surface area contributed by atoms with Crippen LogP contribution in [0, 0.1) is 0 Å². The summed E-state index contributed by atoms with van der Waals surface area (Å²) in [4.78, 5) is 0. The van der Waals surface area contributed by atoms with E-state index in [1.807, 2.05) is 0 Å². The largest absolute Gasteiger partial charge is 0.490 e. The predicted molar refractivity (Wildman–Crippen MR) is 92.5 cm³/mol. The second-order valence-electron chi connectivity index (χ2n) is 6.47. The minimum Gasteiger partial charge on any atom is -0.490 e. The maximum absolute atomic E-state index is 5.95. The van der Waals surface area contributed by atoms with E-state index in [1.54, 1.807) is 0 Å². The molecule has 2 heteroatoms. The van der Waals surface area contributed by atoms with Crippen molar-refractivity contribution in [2.75, 3.05) is 13.2 Å². The lowest BCUT2D eigenvalue weighted by atomic mass is 10.0. The molecule has 1 aliphatic rings. The summed E-state index contributed by atoms with van der Waals surface area (Å²) in [5.74, 6) is 1.03. The fraction of sp³-hybridized carbons (Fsp3) is 0.600. The zero-order valence-electron chi connectivity index (χ0n) is 14.1. The number of aryl methyl sites for hydroxylation is 1. The van der Waals surface area contributed by atoms with Gasteiger partial charge in [-0.05, 0) is 50.7 Å². The van der Waals surface area contributed by atoms with Crippen LogP contribution < -0.4 is 4.74 Å². The van der Waals surface area contributed by atoms with Gasteiger partial charge in [0.25, 0.3) is 0 Å². The van der Waals surface area contributed by atoms with Crippen molar-refractivity contribution in [1.82, 2.24) is 0 Å². The third-order valence-electron chi connectivity index (χ3n) is 4.11. The highest BCUT2D eigenvalue weighted by molar-refractivity contribution is 5.33. The molecule has 0 amide bonds. The summed E-state index contributed by atoms with van der Waals surface area (Å²) >= 11 is 0. The number of ether oxygens (including phenoxy) is 2. The Morgan fingerprint density at radius 1 is 1.14 bits per heavy atom. The van der Waals surface area contributed by atoms with Gasteiger partial charge in [-0.2, -0.15) is 0 Å². The number of unbranched alkanes of at least 4 members (excludes halogenated alkanes) is 4. The molecule has 1 heterocycles. The van der Waals surface area contributed by atoms with E-state index in [2.05, 4.69) is 50.3 Å². The first kappa shape index (κ1) is 17.1. The van der Waals surface area contributed by atoms with Gasteiger partial charge in [0, 0.05) is 0 Å². The van der Waals surface area contributed by atoms with Gasteiger partial charge in [0.1, 0.15) is 18.0 Å². The lowest BCUT2D eigenvalue weighted by Crippen LogP contribution is -2.17. The quantitative estimate of drug-likeness (QED) is 0.314. The molecule has 2 nitrogen and oxygen atoms in total. The molecule has 1 aromatic rings. The highest BCUT2D eigenvalue weighted by Crippen LogP contribution is 2.28. The van der Waals surface area contributed by atoms with E-state index in [-0.39, 0.29) is 5.60 Å². The van der Waals surface area contributed by atoms with Crippen LogP contribution in [0.25, 0.3) is 0 Å². The molecule has 1 unspecified atom stereocenters. The first-order valence-electron chi connectivity index (χ1n) is 8.73. The van der Waals surface area contributed by atoms with Crippen molar-refractivity contribution in [1.29, 1.82) is 0 Å². The fourth-order valence-corrected chi connectivity index (χ4v) is 2.50. The summed E-state index contributed by atoms with van der Waals surface area (Å²) in [7, 11) is 0. The van der Waals surface area contributed by atoms with Crippen molar-refractivity contribution in [3.63, 3.8) is 0 Å². The Labute approximate surface area is 135 Å². The molecule has 0 saturated carbocycles. The van der Waals surface area contributed by atoms with Crippen LogP contribution in [-0.2, 0) is 11.2 Å². The number of hydrogen-bond donors (Lipinski definition) is 0. The molecule has 1 aliphatic heterocycles. The van der Waals surface area contributed by atoms with Crippen molar-refractivity contribution in [2.24, 2.45) is 0 Å². The predicted octanol–water partition coefficient (Wildman–Crippen LogP) is 5.31. The fourth-order valence-electron chi connectivity index (χ4n) is 2.50. The van der Waals surface area contributed by atoms with E-state index in [1.165, 1.54) is 37.7 Å². The second-order valence-corrected chi connectivity index (χ2v) is 6.47. The smallest absolute Gasteiger partial charge is 0.123 e. The first-order valence-corrected chi connectivity index (χ1v) is 8.73. The molecule has 2 rings (SSSR count). The van der Waals surface area contributed by atoms with Crippen molar-refractivity contribution < 1.29 is 9.47 Å². The number of benzene rings is 1. The maximum atomic E-state index is 5.95. The standard InChI is InChI=1S/C20H30O2/c1-3-4-5-6-7-8-9-10-13-18-14-11-12-15-19(18)21-16-20(2)17-22-20/h4-5,11-12,14-15H,3,6-10,13,16-17H2,1-2H3/b5-4+. The molecule has 0 radical (unpaired) electrons. The Balaban J connectivity index is 1.65. The van der Waals surface area contributed by atoms with E-state index in [4.69, 9.17) is 9.47 Å². The molecule has 1 atom stereocenters. The van der Waals surface area contributed by atoms with Crippen LogP contribution in [0.2, 0.25) is 0 Å². The van der Waals surface area contributed by atoms with Gasteiger partial charge in [-0.3, -0.25) is 0 Å². The van der Waals surface area contributed by atoms with Crippen molar-refractivity contribution in [3.8, 4) is 5.75 Å². The van der Waals surface area contributed by atoms with Gasteiger partial charge < -0.3 is 9.47 Å². The van der Waals surface area contributed by atoms with Crippen LogP contribution in [0.4, 0.5) is 0 Å². The number of epoxide rings is 1. The molecule has 1 fully saturated rings. The first-order chi connectivity index (χ1) is 10.7. The molecule has 0 bridgehead atoms. The number of rotatable bonds is 11. The zero-order chi connectivity index (χ0) is 15.7. The molecule has 122 valence electrons. The van der Waals surface area contributed by atoms with Crippen molar-refractivity contribution >= 4 is 0 Å². The SMILES string of the molecule is CC/C=C/CCCCCCc1ccccc1OCC1(C)CO1. The van der Waals surface area contributed by atoms with Crippen LogP contribution in [-0.4, -0.2) is 18.8 Å². The highest BCUT2D eigenvalue weighted by Gasteiger charge is 2.40. The average molecular weight is 302 g/mol. The zero-order valence-corrected chi connectivity index (χ0v) is 14.1. The summed E-state index contributed by atoms with van der Waals surface area (Å²) in [5, 5.41) is 0. The van der Waals surface area contributed by atoms with Gasteiger partial charge in [0.15, 0.2) is 0 Å². The summed E-state index contributed by atoms with van der Waals surface area (Å²) in [6, 6.07) is 8.42. The van der Waals surface area contributed by atoms with E-state index in [0.29, 0.717) is 6.61 Å². The van der Waals surface area contributed by atoms with Crippen molar-refractivity contribution in [2.45, 2.75) is 64.4 Å². The Morgan fingerprint density at radius 2 is 1.91 bits per heavy atom. The summed E-state index contributed by atoms with van der Waals surface area (Å²) in [6.45, 7) is 5.77. The van der Waals surface area contributed by atoms with Crippen molar-refractivity contribution in [3.05, 3.63) is 42.0 Å². The van der Waals surface area contributed by atoms with Crippen LogP contribution in [0.5, 0.6) is 5.75 Å². The van der Waals surface area contributed by atoms with E-state index in [9.17, 15) is 0 Å². The maximum Gasteiger partial charge on any atom is 0.123 e. The van der Waals surface area contributed by atoms with Crippen LogP contribution in [0.1, 0.15) is 57.9 Å². The van der Waals surface area contributed by atoms with E-state index < -0.39 is 0 Å². The molecule has 1 aromatic carbocycles. The Bertz CT molecular complexity index is 461.